The van der Waals surface area contributed by atoms with E-state index in [4.69, 9.17) is 37.9 Å². The topological polar surface area (TPSA) is 0 Å². The van der Waals surface area contributed by atoms with Crippen LogP contribution in [0.25, 0.3) is 0 Å². The smallest absolute Gasteiger partial charge is 0.789 e. The molecule has 0 aromatic carbocycles. The molecule has 9 saturated carbocycles. The SMILES string of the molecule is CC1C([S-])CC2CC1C2(C)C.CC1C([S-])CC2CC1C2(C)C.CC1C([S-])CC2CC1C2(C)C.[Rh+3]. The third-order valence-corrected chi connectivity index (χ3v) is 14.7. The van der Waals surface area contributed by atoms with E-state index in [1.54, 1.807) is 0 Å². The summed E-state index contributed by atoms with van der Waals surface area (Å²) >= 11 is 16.3. The molecule has 12 atom stereocenters. The molecule has 9 rings (SSSR count). The molecule has 0 spiro atoms. The Morgan fingerprint density at radius 3 is 0.765 bits per heavy atom. The Balaban J connectivity index is 0.000000141. The maximum atomic E-state index is 5.42. The van der Waals surface area contributed by atoms with Crippen LogP contribution in [0.2, 0.25) is 0 Å². The van der Waals surface area contributed by atoms with E-state index >= 15 is 0 Å². The molecular formula is C30H51RhS3. The molecule has 198 valence electrons. The van der Waals surface area contributed by atoms with Gasteiger partial charge in [-0.15, -0.1) is 0 Å². The summed E-state index contributed by atoms with van der Waals surface area (Å²) in [5, 5.41) is 1.73. The Morgan fingerprint density at radius 1 is 0.441 bits per heavy atom. The van der Waals surface area contributed by atoms with Gasteiger partial charge in [0.05, 0.1) is 0 Å². The molecule has 0 aromatic heterocycles. The zero-order valence-electron chi connectivity index (χ0n) is 23.2. The summed E-state index contributed by atoms with van der Waals surface area (Å²) in [5.74, 6) is 8.04. The van der Waals surface area contributed by atoms with Gasteiger partial charge in [0.1, 0.15) is 0 Å². The molecule has 0 aromatic rings. The normalized spacial score (nSPS) is 51.9. The second-order valence-electron chi connectivity index (χ2n) is 15.0. The molecule has 34 heavy (non-hydrogen) atoms. The molecule has 0 amide bonds. The fourth-order valence-electron chi connectivity index (χ4n) is 9.31. The molecule has 0 N–H and O–H groups in total. The van der Waals surface area contributed by atoms with Gasteiger partial charge in [0.25, 0.3) is 0 Å². The van der Waals surface area contributed by atoms with Gasteiger partial charge >= 0.3 is 19.5 Å². The molecule has 4 heteroatoms. The Bertz CT molecular complexity index is 623. The first-order chi connectivity index (χ1) is 15.1. The van der Waals surface area contributed by atoms with Crippen LogP contribution < -0.4 is 0 Å². The van der Waals surface area contributed by atoms with E-state index in [9.17, 15) is 0 Å². The predicted octanol–water partition coefficient (Wildman–Crippen LogP) is 7.81. The third-order valence-electron chi connectivity index (χ3n) is 12.9. The zero-order chi connectivity index (χ0) is 24.7. The minimum absolute atomic E-state index is 0. The number of fused-ring (bicyclic) bond motifs is 6. The van der Waals surface area contributed by atoms with Crippen LogP contribution in [0.3, 0.4) is 0 Å². The summed E-state index contributed by atoms with van der Waals surface area (Å²) in [6.07, 6.45) is 8.30. The fourth-order valence-corrected chi connectivity index (χ4v) is 10.6. The van der Waals surface area contributed by atoms with Crippen LogP contribution in [0.15, 0.2) is 0 Å². The van der Waals surface area contributed by atoms with Crippen LogP contribution in [0, 0.1) is 69.5 Å². The quantitative estimate of drug-likeness (QED) is 0.203. The Kier molecular flexibility index (Phi) is 9.19. The largest absolute Gasteiger partial charge is 3.00 e. The molecule has 0 radical (unpaired) electrons. The average Bonchev–Trinajstić information content (AvgIpc) is 2.73. The van der Waals surface area contributed by atoms with Crippen LogP contribution >= 0.6 is 0 Å². The number of hydrogen-bond donors (Lipinski definition) is 0. The first-order valence-corrected chi connectivity index (χ1v) is 15.5. The Labute approximate surface area is 242 Å². The van der Waals surface area contributed by atoms with Crippen molar-refractivity contribution in [2.24, 2.45) is 69.5 Å². The van der Waals surface area contributed by atoms with Gasteiger partial charge in [-0.3, -0.25) is 0 Å². The Hall–Kier alpha value is 1.67. The number of rotatable bonds is 0. The van der Waals surface area contributed by atoms with Gasteiger partial charge in [-0.05, 0) is 71.0 Å². The van der Waals surface area contributed by atoms with E-state index in [-0.39, 0.29) is 19.5 Å². The van der Waals surface area contributed by atoms with Crippen molar-refractivity contribution in [3.05, 3.63) is 0 Å². The van der Waals surface area contributed by atoms with Crippen LogP contribution in [0.1, 0.15) is 101 Å². The second kappa shape index (κ2) is 10.3. The van der Waals surface area contributed by atoms with Crippen molar-refractivity contribution >= 4 is 37.9 Å². The van der Waals surface area contributed by atoms with E-state index in [1.807, 2.05) is 0 Å². The van der Waals surface area contributed by atoms with E-state index in [1.165, 1.54) is 38.5 Å². The monoisotopic (exact) mass is 610 g/mol. The van der Waals surface area contributed by atoms with Gasteiger partial charge in [0, 0.05) is 0 Å². The van der Waals surface area contributed by atoms with E-state index in [0.717, 1.165) is 53.3 Å². The zero-order valence-corrected chi connectivity index (χ0v) is 27.3. The number of hydrogen-bond acceptors (Lipinski definition) is 3. The van der Waals surface area contributed by atoms with Crippen LogP contribution in [-0.4, -0.2) is 15.7 Å². The molecule has 9 fully saturated rings. The van der Waals surface area contributed by atoms with Crippen molar-refractivity contribution < 1.29 is 19.5 Å². The minimum atomic E-state index is 0. The van der Waals surface area contributed by atoms with Gasteiger partial charge in [-0.1, -0.05) is 99.3 Å². The summed E-state index contributed by atoms with van der Waals surface area (Å²) in [6, 6.07) is 0. The summed E-state index contributed by atoms with van der Waals surface area (Å²) < 4.78 is 0. The van der Waals surface area contributed by atoms with Gasteiger partial charge in [0.15, 0.2) is 0 Å². The molecule has 0 heterocycles. The van der Waals surface area contributed by atoms with Crippen molar-refractivity contribution in [1.82, 2.24) is 0 Å². The Morgan fingerprint density at radius 2 is 0.647 bits per heavy atom. The van der Waals surface area contributed by atoms with Crippen LogP contribution in [0.4, 0.5) is 0 Å². The molecule has 0 aliphatic heterocycles. The van der Waals surface area contributed by atoms with Crippen LogP contribution in [0.5, 0.6) is 0 Å². The first-order valence-electron chi connectivity index (χ1n) is 14.1. The van der Waals surface area contributed by atoms with Crippen molar-refractivity contribution in [1.29, 1.82) is 0 Å². The standard InChI is InChI=1S/3C10H18S.Rh/c3*1-6-8-4-7(5-9(6)11)10(8,2)3;/h3*6-9,11H,4-5H2,1-3H3;/q;;;+3/p-3. The van der Waals surface area contributed by atoms with Crippen molar-refractivity contribution in [3.8, 4) is 0 Å². The van der Waals surface area contributed by atoms with E-state index < -0.39 is 0 Å². The predicted molar refractivity (Wildman–Crippen MR) is 151 cm³/mol. The van der Waals surface area contributed by atoms with E-state index in [0.29, 0.717) is 32.0 Å². The summed E-state index contributed by atoms with van der Waals surface area (Å²) in [7, 11) is 0. The van der Waals surface area contributed by atoms with Gasteiger partial charge in [0.2, 0.25) is 0 Å². The first kappa shape index (κ1) is 30.2. The van der Waals surface area contributed by atoms with Crippen LogP contribution in [-0.2, 0) is 57.4 Å². The van der Waals surface area contributed by atoms with Gasteiger partial charge < -0.3 is 37.9 Å². The van der Waals surface area contributed by atoms with Gasteiger partial charge in [-0.25, -0.2) is 0 Å². The van der Waals surface area contributed by atoms with Crippen molar-refractivity contribution in [2.45, 2.75) is 117 Å². The fraction of sp³-hybridized carbons (Fsp3) is 1.00. The maximum Gasteiger partial charge on any atom is 3.00 e. The second-order valence-corrected chi connectivity index (χ2v) is 16.8. The van der Waals surface area contributed by atoms with E-state index in [2.05, 4.69) is 62.3 Å². The van der Waals surface area contributed by atoms with Crippen molar-refractivity contribution in [2.75, 3.05) is 0 Å². The summed E-state index contributed by atoms with van der Waals surface area (Å²) in [5.41, 5.74) is 1.86. The summed E-state index contributed by atoms with van der Waals surface area (Å²) in [4.78, 5) is 0. The van der Waals surface area contributed by atoms with Gasteiger partial charge in [-0.2, -0.15) is 15.7 Å². The molecule has 0 nitrogen and oxygen atoms in total. The molecule has 12 unspecified atom stereocenters. The molecule has 0 saturated heterocycles. The summed E-state index contributed by atoms with van der Waals surface area (Å²) in [6.45, 7) is 21.6. The molecule has 6 bridgehead atoms. The molecule has 9 aliphatic rings. The molecule has 9 aliphatic carbocycles. The average molecular weight is 611 g/mol. The minimum Gasteiger partial charge on any atom is -0.789 e. The van der Waals surface area contributed by atoms with Crippen molar-refractivity contribution in [3.63, 3.8) is 0 Å². The molecular weight excluding hydrogens is 559 g/mol. The maximum absolute atomic E-state index is 5.42. The third kappa shape index (κ3) is 4.90.